The van der Waals surface area contributed by atoms with Crippen LogP contribution in [0.15, 0.2) is 261 Å². The second-order valence-corrected chi connectivity index (χ2v) is 20.6. The van der Waals surface area contributed by atoms with Crippen molar-refractivity contribution < 1.29 is 0 Å². The van der Waals surface area contributed by atoms with Gasteiger partial charge < -0.3 is 0 Å². The molecule has 11 rings (SSSR count). The average Bonchev–Trinajstić information content (AvgIpc) is 3.55. The summed E-state index contributed by atoms with van der Waals surface area (Å²) in [5.41, 5.74) is 28.3. The molecule has 0 nitrogen and oxygen atoms in total. The van der Waals surface area contributed by atoms with Gasteiger partial charge in [0.15, 0.2) is 0 Å². The summed E-state index contributed by atoms with van der Waals surface area (Å²) in [7, 11) is 0. The van der Waals surface area contributed by atoms with E-state index in [1.165, 1.54) is 122 Å². The van der Waals surface area contributed by atoms with Gasteiger partial charge in [-0.05, 0) is 174 Å². The zero-order valence-corrected chi connectivity index (χ0v) is 45.1. The SMILES string of the molecule is Cc1c(C)c(/C=C/c2ccc(/C=C(\c3ccc(-c4ccccc4)cc3)c3ccc(C4C=CC=CC4)cc3)cc2)c(C)c(C)c1/C=C/c1ccc(C=C(c2ccc(-c3ccccc3)cc2)c2ccc(-c3ccccc3)cc2)cc1. The molecule has 0 spiro atoms. The van der Waals surface area contributed by atoms with Gasteiger partial charge in [-0.1, -0.05) is 285 Å². The van der Waals surface area contributed by atoms with Crippen LogP contribution in [-0.4, -0.2) is 0 Å². The summed E-state index contributed by atoms with van der Waals surface area (Å²) in [5, 5.41) is 0. The third-order valence-corrected chi connectivity index (χ3v) is 15.7. The maximum Gasteiger partial charge on any atom is 0.00557 e. The largest absolute Gasteiger partial charge is 0.0836 e. The summed E-state index contributed by atoms with van der Waals surface area (Å²) in [5.74, 6) is 0.420. The highest BCUT2D eigenvalue weighted by atomic mass is 14.2. The lowest BCUT2D eigenvalue weighted by molar-refractivity contribution is 0.853. The van der Waals surface area contributed by atoms with Crippen molar-refractivity contribution in [2.75, 3.05) is 0 Å². The Balaban J connectivity index is 0.815. The molecule has 10 aromatic rings. The molecule has 0 heterocycles. The lowest BCUT2D eigenvalue weighted by Gasteiger charge is -2.17. The van der Waals surface area contributed by atoms with Gasteiger partial charge in [0.25, 0.3) is 0 Å². The molecule has 0 saturated carbocycles. The zero-order valence-electron chi connectivity index (χ0n) is 45.1. The van der Waals surface area contributed by atoms with Gasteiger partial charge in [0.1, 0.15) is 0 Å². The van der Waals surface area contributed by atoms with Crippen molar-refractivity contribution in [3.8, 4) is 33.4 Å². The minimum atomic E-state index is 0.420. The molecule has 0 bridgehead atoms. The Hall–Kier alpha value is -9.36. The van der Waals surface area contributed by atoms with Crippen molar-refractivity contribution in [3.63, 3.8) is 0 Å². The number of hydrogen-bond acceptors (Lipinski definition) is 0. The maximum atomic E-state index is 2.33. The third kappa shape index (κ3) is 11.7. The summed E-state index contributed by atoms with van der Waals surface area (Å²) in [6, 6.07) is 85.8. The van der Waals surface area contributed by atoms with Crippen LogP contribution in [0.5, 0.6) is 0 Å². The molecule has 1 unspecified atom stereocenters. The highest BCUT2D eigenvalue weighted by Crippen LogP contribution is 2.35. The molecule has 0 fully saturated rings. The van der Waals surface area contributed by atoms with Crippen molar-refractivity contribution in [1.29, 1.82) is 0 Å². The molecule has 0 saturated heterocycles. The molecule has 10 aromatic carbocycles. The number of hydrogen-bond donors (Lipinski definition) is 0. The summed E-state index contributed by atoms with van der Waals surface area (Å²) in [6.45, 7) is 9.05. The molecule has 0 heteroatoms. The fourth-order valence-corrected chi connectivity index (χ4v) is 10.8. The minimum Gasteiger partial charge on any atom is -0.0836 e. The van der Waals surface area contributed by atoms with E-state index in [-0.39, 0.29) is 0 Å². The number of allylic oxidation sites excluding steroid dienone is 4. The van der Waals surface area contributed by atoms with Crippen LogP contribution in [0.1, 0.15) is 95.8 Å². The second-order valence-electron chi connectivity index (χ2n) is 20.6. The van der Waals surface area contributed by atoms with Crippen LogP contribution in [0, 0.1) is 27.7 Å². The van der Waals surface area contributed by atoms with Gasteiger partial charge >= 0.3 is 0 Å². The van der Waals surface area contributed by atoms with Gasteiger partial charge in [-0.3, -0.25) is 0 Å². The van der Waals surface area contributed by atoms with Crippen LogP contribution in [0.25, 0.3) is 81.0 Å². The number of benzene rings is 10. The molecule has 78 heavy (non-hydrogen) atoms. The standard InChI is InChI=1S/C78H64/c1-55-56(2)76(52-34-60-27-31-62(32-28-60)54-78(73-47-39-69(40-48-73)65-21-13-7-14-22-65)74-49-41-70(42-50-74)66-23-15-8-16-24-66)58(4)57(3)75(55)51-33-59-25-29-61(30-26-59)53-77(71-43-35-67(36-44-71)63-17-9-5-10-18-63)72-45-37-68(38-46-72)64-19-11-6-12-20-64/h5-23,25-54,66H,24H2,1-4H3/b51-33+,52-34+,78-54+. The smallest absolute Gasteiger partial charge is 0.00557 e. The van der Waals surface area contributed by atoms with E-state index >= 15 is 0 Å². The molecule has 1 aliphatic rings. The van der Waals surface area contributed by atoms with Crippen molar-refractivity contribution in [2.24, 2.45) is 0 Å². The first kappa shape index (κ1) is 50.8. The summed E-state index contributed by atoms with van der Waals surface area (Å²) in [4.78, 5) is 0. The van der Waals surface area contributed by atoms with E-state index in [1.807, 2.05) is 0 Å². The fraction of sp³-hybridized carbons (Fsp3) is 0.0769. The first-order valence-corrected chi connectivity index (χ1v) is 27.3. The van der Waals surface area contributed by atoms with Crippen LogP contribution in [0.2, 0.25) is 0 Å². The van der Waals surface area contributed by atoms with E-state index in [0.717, 1.165) is 12.0 Å². The minimum absolute atomic E-state index is 0.420. The summed E-state index contributed by atoms with van der Waals surface area (Å²) < 4.78 is 0. The Morgan fingerprint density at radius 3 is 0.936 bits per heavy atom. The van der Waals surface area contributed by atoms with Crippen molar-refractivity contribution >= 4 is 47.6 Å². The monoisotopic (exact) mass is 1000 g/mol. The molecule has 376 valence electrons. The quantitative estimate of drug-likeness (QED) is 0.0953. The molecule has 0 N–H and O–H groups in total. The molecule has 0 radical (unpaired) electrons. The lowest BCUT2D eigenvalue weighted by atomic mass is 9.88. The van der Waals surface area contributed by atoms with E-state index in [1.54, 1.807) is 0 Å². The first-order valence-electron chi connectivity index (χ1n) is 27.3. The molecule has 0 amide bonds. The molecule has 1 aliphatic carbocycles. The van der Waals surface area contributed by atoms with Gasteiger partial charge in [0.05, 0.1) is 0 Å². The zero-order chi connectivity index (χ0) is 53.2. The third-order valence-electron chi connectivity index (χ3n) is 15.7. The van der Waals surface area contributed by atoms with Gasteiger partial charge in [0.2, 0.25) is 0 Å². The normalized spacial score (nSPS) is 13.3. The molecular formula is C78H64. The van der Waals surface area contributed by atoms with Crippen molar-refractivity contribution in [1.82, 2.24) is 0 Å². The Labute approximate surface area is 462 Å². The van der Waals surface area contributed by atoms with Gasteiger partial charge in [-0.15, -0.1) is 0 Å². The molecule has 1 atom stereocenters. The summed E-state index contributed by atoms with van der Waals surface area (Å²) in [6.07, 6.45) is 23.7. The van der Waals surface area contributed by atoms with Crippen LogP contribution in [0.4, 0.5) is 0 Å². The Morgan fingerprint density at radius 2 is 0.615 bits per heavy atom. The topological polar surface area (TPSA) is 0 Å². The van der Waals surface area contributed by atoms with Crippen molar-refractivity contribution in [2.45, 2.75) is 40.0 Å². The van der Waals surface area contributed by atoms with E-state index in [9.17, 15) is 0 Å². The van der Waals surface area contributed by atoms with E-state index < -0.39 is 0 Å². The van der Waals surface area contributed by atoms with Gasteiger partial charge in [-0.25, -0.2) is 0 Å². The fourth-order valence-electron chi connectivity index (χ4n) is 10.8. The maximum absolute atomic E-state index is 2.33. The Morgan fingerprint density at radius 1 is 0.308 bits per heavy atom. The lowest BCUT2D eigenvalue weighted by Crippen LogP contribution is -1.99. The average molecular weight is 1000 g/mol. The van der Waals surface area contributed by atoms with Gasteiger partial charge in [-0.2, -0.15) is 0 Å². The van der Waals surface area contributed by atoms with E-state index in [4.69, 9.17) is 0 Å². The van der Waals surface area contributed by atoms with Crippen LogP contribution in [-0.2, 0) is 0 Å². The number of rotatable bonds is 14. The van der Waals surface area contributed by atoms with Crippen LogP contribution < -0.4 is 0 Å². The van der Waals surface area contributed by atoms with E-state index in [2.05, 4.69) is 325 Å². The Kier molecular flexibility index (Phi) is 15.4. The van der Waals surface area contributed by atoms with E-state index in [0.29, 0.717) is 5.92 Å². The Bertz CT molecular complexity index is 3730. The highest BCUT2D eigenvalue weighted by molar-refractivity contribution is 5.94. The van der Waals surface area contributed by atoms with Gasteiger partial charge in [0, 0.05) is 5.92 Å². The predicted molar refractivity (Wildman–Crippen MR) is 338 cm³/mol. The molecule has 0 aliphatic heterocycles. The predicted octanol–water partition coefficient (Wildman–Crippen LogP) is 21.0. The van der Waals surface area contributed by atoms with Crippen molar-refractivity contribution in [3.05, 3.63) is 344 Å². The first-order chi connectivity index (χ1) is 38.3. The van der Waals surface area contributed by atoms with Crippen LogP contribution >= 0.6 is 0 Å². The van der Waals surface area contributed by atoms with Crippen LogP contribution in [0.3, 0.4) is 0 Å². The molecular weight excluding hydrogens is 937 g/mol. The highest BCUT2D eigenvalue weighted by Gasteiger charge is 2.15. The molecule has 0 aromatic heterocycles. The summed E-state index contributed by atoms with van der Waals surface area (Å²) >= 11 is 0. The second kappa shape index (κ2) is 23.7.